The molecule has 5 heteroatoms. The van der Waals surface area contributed by atoms with E-state index < -0.39 is 5.97 Å². The number of carbonyl (C=O) groups is 1. The van der Waals surface area contributed by atoms with Crippen LogP contribution in [-0.2, 0) is 9.53 Å². The molecule has 0 aliphatic heterocycles. The van der Waals surface area contributed by atoms with Gasteiger partial charge in [0.2, 0.25) is 0 Å². The van der Waals surface area contributed by atoms with Crippen LogP contribution in [0.25, 0.3) is 17.4 Å². The molecule has 2 aromatic rings. The number of hydrogen-bond acceptors (Lipinski definition) is 4. The molecule has 0 N–H and O–H groups in total. The number of nitriles is 1. The molecule has 0 amide bonds. The van der Waals surface area contributed by atoms with Gasteiger partial charge in [-0.3, -0.25) is 0 Å². The number of furan rings is 1. The van der Waals surface area contributed by atoms with E-state index in [0.29, 0.717) is 16.5 Å². The lowest BCUT2D eigenvalue weighted by atomic mass is 10.2. The third-order valence-corrected chi connectivity index (χ3v) is 2.97. The molecule has 22 heavy (non-hydrogen) atoms. The highest BCUT2D eigenvalue weighted by Crippen LogP contribution is 2.24. The van der Waals surface area contributed by atoms with Crippen LogP contribution in [0.1, 0.15) is 5.76 Å². The molecule has 110 valence electrons. The van der Waals surface area contributed by atoms with Crippen molar-refractivity contribution < 1.29 is 13.9 Å². The number of nitrogens with zero attached hydrogens (tertiary/aromatic N) is 1. The average molecular weight is 314 g/mol. The Kier molecular flexibility index (Phi) is 5.18. The fourth-order valence-corrected chi connectivity index (χ4v) is 1.82. The molecule has 0 saturated carbocycles. The van der Waals surface area contributed by atoms with Crippen LogP contribution in [0.15, 0.2) is 59.0 Å². The molecule has 1 aromatic carbocycles. The summed E-state index contributed by atoms with van der Waals surface area (Å²) >= 11 is 5.83. The zero-order valence-corrected chi connectivity index (χ0v) is 12.3. The van der Waals surface area contributed by atoms with E-state index in [-0.39, 0.29) is 12.2 Å². The second kappa shape index (κ2) is 7.30. The molecule has 0 aliphatic rings. The Bertz CT molecular complexity index is 751. The van der Waals surface area contributed by atoms with Gasteiger partial charge in [-0.25, -0.2) is 4.79 Å². The summed E-state index contributed by atoms with van der Waals surface area (Å²) in [5, 5.41) is 9.64. The van der Waals surface area contributed by atoms with Gasteiger partial charge in [0.15, 0.2) is 0 Å². The number of hydrogen-bond donors (Lipinski definition) is 0. The van der Waals surface area contributed by atoms with Crippen molar-refractivity contribution >= 4 is 23.6 Å². The van der Waals surface area contributed by atoms with Crippen molar-refractivity contribution in [1.82, 2.24) is 0 Å². The van der Waals surface area contributed by atoms with Gasteiger partial charge in [0.1, 0.15) is 29.8 Å². The Hall–Kier alpha value is -2.77. The van der Waals surface area contributed by atoms with E-state index in [4.69, 9.17) is 26.0 Å². The first kappa shape index (κ1) is 15.6. The van der Waals surface area contributed by atoms with E-state index in [1.54, 1.807) is 30.3 Å². The summed E-state index contributed by atoms with van der Waals surface area (Å²) in [7, 11) is 0. The second-order valence-corrected chi connectivity index (χ2v) is 4.70. The van der Waals surface area contributed by atoms with Crippen molar-refractivity contribution in [1.29, 1.82) is 5.26 Å². The number of ether oxygens (including phenoxy) is 1. The van der Waals surface area contributed by atoms with Crippen molar-refractivity contribution in [2.75, 3.05) is 6.61 Å². The minimum absolute atomic E-state index is 0.0477. The zero-order valence-electron chi connectivity index (χ0n) is 11.6. The summed E-state index contributed by atoms with van der Waals surface area (Å²) in [5.41, 5.74) is 0.704. The maximum Gasteiger partial charge on any atom is 0.349 e. The molecular formula is C17H12ClNO3. The second-order valence-electron chi connectivity index (χ2n) is 4.27. The Labute approximate surface area is 132 Å². The van der Waals surface area contributed by atoms with Crippen LogP contribution >= 0.6 is 11.6 Å². The highest BCUT2D eigenvalue weighted by molar-refractivity contribution is 6.30. The summed E-state index contributed by atoms with van der Waals surface area (Å²) < 4.78 is 10.4. The molecular weight excluding hydrogens is 302 g/mol. The Morgan fingerprint density at radius 2 is 2.05 bits per heavy atom. The van der Waals surface area contributed by atoms with Crippen LogP contribution in [0.2, 0.25) is 5.02 Å². The first-order chi connectivity index (χ1) is 10.6. The monoisotopic (exact) mass is 313 g/mol. The van der Waals surface area contributed by atoms with Crippen molar-refractivity contribution in [3.63, 3.8) is 0 Å². The molecule has 1 aromatic heterocycles. The van der Waals surface area contributed by atoms with Crippen LogP contribution in [0, 0.1) is 11.3 Å². The standard InChI is InChI=1S/C17H12ClNO3/c1-2-9-21-17(20)13(11-19)10-15-7-8-16(22-15)12-3-5-14(18)6-4-12/h2-8,10H,1,9H2/b13-10-. The van der Waals surface area contributed by atoms with Gasteiger partial charge in [0.25, 0.3) is 0 Å². The first-order valence-electron chi connectivity index (χ1n) is 6.39. The fraction of sp³-hybridized carbons (Fsp3) is 0.0588. The highest BCUT2D eigenvalue weighted by Gasteiger charge is 2.12. The van der Waals surface area contributed by atoms with Crippen molar-refractivity contribution in [3.8, 4) is 17.4 Å². The SMILES string of the molecule is C=CCOC(=O)/C(C#N)=C\c1ccc(-c2ccc(Cl)cc2)o1. The average Bonchev–Trinajstić information content (AvgIpc) is 2.99. The highest BCUT2D eigenvalue weighted by atomic mass is 35.5. The van der Waals surface area contributed by atoms with Crippen LogP contribution in [-0.4, -0.2) is 12.6 Å². The van der Waals surface area contributed by atoms with E-state index in [0.717, 1.165) is 5.56 Å². The molecule has 0 bridgehead atoms. The molecule has 4 nitrogen and oxygen atoms in total. The van der Waals surface area contributed by atoms with Gasteiger partial charge in [0, 0.05) is 16.7 Å². The molecule has 0 fully saturated rings. The molecule has 0 unspecified atom stereocenters. The lowest BCUT2D eigenvalue weighted by molar-refractivity contribution is -0.137. The molecule has 2 rings (SSSR count). The van der Waals surface area contributed by atoms with E-state index in [2.05, 4.69) is 6.58 Å². The van der Waals surface area contributed by atoms with E-state index in [1.807, 2.05) is 12.1 Å². The molecule has 0 spiro atoms. The van der Waals surface area contributed by atoms with Crippen molar-refractivity contribution in [2.24, 2.45) is 0 Å². The van der Waals surface area contributed by atoms with Crippen LogP contribution in [0.3, 0.4) is 0 Å². The Morgan fingerprint density at radius 3 is 2.68 bits per heavy atom. The van der Waals surface area contributed by atoms with Crippen LogP contribution in [0.4, 0.5) is 0 Å². The number of carbonyl (C=O) groups excluding carboxylic acids is 1. The first-order valence-corrected chi connectivity index (χ1v) is 6.77. The minimum atomic E-state index is -0.716. The van der Waals surface area contributed by atoms with Crippen molar-refractivity contribution in [3.05, 3.63) is 65.4 Å². The van der Waals surface area contributed by atoms with Crippen LogP contribution in [0.5, 0.6) is 0 Å². The van der Waals surface area contributed by atoms with Gasteiger partial charge in [-0.05, 0) is 36.4 Å². The van der Waals surface area contributed by atoms with E-state index >= 15 is 0 Å². The predicted molar refractivity (Wildman–Crippen MR) is 83.9 cm³/mol. The zero-order chi connectivity index (χ0) is 15.9. The summed E-state index contributed by atoms with van der Waals surface area (Å²) in [6, 6.07) is 12.3. The third kappa shape index (κ3) is 3.87. The summed E-state index contributed by atoms with van der Waals surface area (Å²) in [6.07, 6.45) is 2.77. The summed E-state index contributed by atoms with van der Waals surface area (Å²) in [6.45, 7) is 3.49. The molecule has 0 atom stereocenters. The Balaban J connectivity index is 2.21. The topological polar surface area (TPSA) is 63.2 Å². The maximum absolute atomic E-state index is 11.6. The quantitative estimate of drug-likeness (QED) is 0.358. The third-order valence-electron chi connectivity index (χ3n) is 2.71. The number of esters is 1. The van der Waals surface area contributed by atoms with Gasteiger partial charge in [-0.2, -0.15) is 5.26 Å². The number of rotatable bonds is 5. The van der Waals surface area contributed by atoms with E-state index in [1.165, 1.54) is 12.2 Å². The minimum Gasteiger partial charge on any atom is -0.457 e. The predicted octanol–water partition coefficient (Wildman–Crippen LogP) is 4.24. The summed E-state index contributed by atoms with van der Waals surface area (Å²) in [4.78, 5) is 11.6. The fourth-order valence-electron chi connectivity index (χ4n) is 1.69. The van der Waals surface area contributed by atoms with Gasteiger partial charge in [0.05, 0.1) is 0 Å². The van der Waals surface area contributed by atoms with Gasteiger partial charge in [-0.1, -0.05) is 24.3 Å². The largest absolute Gasteiger partial charge is 0.457 e. The lowest BCUT2D eigenvalue weighted by Gasteiger charge is -1.99. The number of benzene rings is 1. The molecule has 0 aliphatic carbocycles. The Morgan fingerprint density at radius 1 is 1.32 bits per heavy atom. The number of halogens is 1. The summed E-state index contributed by atoms with van der Waals surface area (Å²) in [5.74, 6) is 0.281. The smallest absolute Gasteiger partial charge is 0.349 e. The van der Waals surface area contributed by atoms with E-state index in [9.17, 15) is 4.79 Å². The molecule has 0 saturated heterocycles. The van der Waals surface area contributed by atoms with Gasteiger partial charge in [-0.15, -0.1) is 0 Å². The normalized spacial score (nSPS) is 10.8. The lowest BCUT2D eigenvalue weighted by Crippen LogP contribution is -2.06. The van der Waals surface area contributed by atoms with Gasteiger partial charge < -0.3 is 9.15 Å². The molecule has 0 radical (unpaired) electrons. The van der Waals surface area contributed by atoms with Gasteiger partial charge >= 0.3 is 5.97 Å². The van der Waals surface area contributed by atoms with Crippen LogP contribution < -0.4 is 0 Å². The molecule has 1 heterocycles. The maximum atomic E-state index is 11.6. The van der Waals surface area contributed by atoms with Crippen molar-refractivity contribution in [2.45, 2.75) is 0 Å².